The molecule has 0 amide bonds. The molecule has 0 aliphatic heterocycles. The fraction of sp³-hybridized carbons (Fsp3) is 0.667. The van der Waals surface area contributed by atoms with Gasteiger partial charge in [0.1, 0.15) is 0 Å². The first-order valence-corrected chi connectivity index (χ1v) is 7.93. The maximum Gasteiger partial charge on any atom is 0.0590 e. The number of nitrogens with one attached hydrogen (secondary N) is 1. The largest absolute Gasteiger partial charge is 0.380 e. The summed E-state index contributed by atoms with van der Waals surface area (Å²) in [5.41, 5.74) is 1.62. The number of ether oxygens (including phenoxy) is 1. The third-order valence-electron chi connectivity index (χ3n) is 3.75. The van der Waals surface area contributed by atoms with Crippen molar-refractivity contribution in [2.24, 2.45) is 0 Å². The zero-order chi connectivity index (χ0) is 14.8. The fourth-order valence-electron chi connectivity index (χ4n) is 2.57. The van der Waals surface area contributed by atoms with Gasteiger partial charge in [0.25, 0.3) is 0 Å². The van der Waals surface area contributed by atoms with Crippen molar-refractivity contribution in [3.63, 3.8) is 0 Å². The van der Waals surface area contributed by atoms with Crippen molar-refractivity contribution in [1.29, 1.82) is 0 Å². The molecule has 0 heterocycles. The molecule has 2 heteroatoms. The molecule has 2 nitrogen and oxygen atoms in total. The maximum absolute atomic E-state index is 5.58. The third kappa shape index (κ3) is 6.53. The predicted molar refractivity (Wildman–Crippen MR) is 87.3 cm³/mol. The monoisotopic (exact) mass is 277 g/mol. The van der Waals surface area contributed by atoms with Gasteiger partial charge in [-0.05, 0) is 30.7 Å². The van der Waals surface area contributed by atoms with E-state index in [-0.39, 0.29) is 5.41 Å². The first-order valence-electron chi connectivity index (χ1n) is 7.93. The number of unbranched alkanes of at least 4 members (excludes halogenated alkanes) is 1. The number of hydrogen-bond donors (Lipinski definition) is 1. The minimum Gasteiger partial charge on any atom is -0.380 e. The van der Waals surface area contributed by atoms with E-state index in [4.69, 9.17) is 4.74 Å². The first kappa shape index (κ1) is 17.2. The standard InChI is InChI=1S/C18H31NO/c1-5-6-13-20-14-12-19-16(2)15-18(3,4)17-10-8-7-9-11-17/h7-11,16,19H,5-6,12-15H2,1-4H3. The van der Waals surface area contributed by atoms with Crippen LogP contribution in [0.4, 0.5) is 0 Å². The summed E-state index contributed by atoms with van der Waals surface area (Å²) in [5, 5.41) is 3.56. The Balaban J connectivity index is 2.26. The molecule has 1 N–H and O–H groups in total. The Morgan fingerprint density at radius 3 is 2.50 bits per heavy atom. The van der Waals surface area contributed by atoms with E-state index in [1.807, 2.05) is 0 Å². The summed E-state index contributed by atoms with van der Waals surface area (Å²) in [6.07, 6.45) is 3.50. The Labute approximate surface area is 124 Å². The van der Waals surface area contributed by atoms with Crippen molar-refractivity contribution >= 4 is 0 Å². The van der Waals surface area contributed by atoms with Gasteiger partial charge in [0.2, 0.25) is 0 Å². The van der Waals surface area contributed by atoms with Crippen LogP contribution in [-0.2, 0) is 10.2 Å². The molecule has 0 saturated carbocycles. The predicted octanol–water partition coefficient (Wildman–Crippen LogP) is 4.15. The van der Waals surface area contributed by atoms with E-state index in [0.717, 1.165) is 32.6 Å². The zero-order valence-corrected chi connectivity index (χ0v) is 13.6. The van der Waals surface area contributed by atoms with Crippen LogP contribution in [0.25, 0.3) is 0 Å². The van der Waals surface area contributed by atoms with Crippen LogP contribution >= 0.6 is 0 Å². The molecule has 1 rings (SSSR count). The molecule has 0 aliphatic carbocycles. The second-order valence-corrected chi connectivity index (χ2v) is 6.28. The van der Waals surface area contributed by atoms with Gasteiger partial charge in [-0.2, -0.15) is 0 Å². The van der Waals surface area contributed by atoms with E-state index >= 15 is 0 Å². The Hall–Kier alpha value is -0.860. The first-order chi connectivity index (χ1) is 9.56. The van der Waals surface area contributed by atoms with E-state index < -0.39 is 0 Å². The summed E-state index contributed by atoms with van der Waals surface area (Å²) in [7, 11) is 0. The van der Waals surface area contributed by atoms with E-state index in [9.17, 15) is 0 Å². The van der Waals surface area contributed by atoms with E-state index in [2.05, 4.69) is 63.3 Å². The highest BCUT2D eigenvalue weighted by Gasteiger charge is 2.22. The Morgan fingerprint density at radius 1 is 1.15 bits per heavy atom. The Morgan fingerprint density at radius 2 is 1.85 bits per heavy atom. The van der Waals surface area contributed by atoms with Gasteiger partial charge in [0.15, 0.2) is 0 Å². The molecule has 1 atom stereocenters. The van der Waals surface area contributed by atoms with Crippen LogP contribution in [0.3, 0.4) is 0 Å². The van der Waals surface area contributed by atoms with Crippen molar-refractivity contribution in [3.05, 3.63) is 35.9 Å². The van der Waals surface area contributed by atoms with Crippen molar-refractivity contribution < 1.29 is 4.74 Å². The van der Waals surface area contributed by atoms with Crippen molar-refractivity contribution in [2.75, 3.05) is 19.8 Å². The molecule has 0 spiro atoms. The van der Waals surface area contributed by atoms with Crippen LogP contribution in [-0.4, -0.2) is 25.8 Å². The molecule has 0 bridgehead atoms. The van der Waals surface area contributed by atoms with E-state index in [1.54, 1.807) is 0 Å². The summed E-state index contributed by atoms with van der Waals surface area (Å²) >= 11 is 0. The van der Waals surface area contributed by atoms with Crippen LogP contribution in [0.5, 0.6) is 0 Å². The highest BCUT2D eigenvalue weighted by molar-refractivity contribution is 5.23. The van der Waals surface area contributed by atoms with Crippen LogP contribution in [0, 0.1) is 0 Å². The Bertz CT molecular complexity index is 348. The molecule has 1 unspecified atom stereocenters. The smallest absolute Gasteiger partial charge is 0.0590 e. The van der Waals surface area contributed by atoms with Crippen molar-refractivity contribution in [1.82, 2.24) is 5.32 Å². The minimum absolute atomic E-state index is 0.205. The molecule has 0 aliphatic rings. The van der Waals surface area contributed by atoms with Gasteiger partial charge in [-0.15, -0.1) is 0 Å². The molecular formula is C18H31NO. The molecule has 20 heavy (non-hydrogen) atoms. The third-order valence-corrected chi connectivity index (χ3v) is 3.75. The summed E-state index contributed by atoms with van der Waals surface area (Å²) in [6.45, 7) is 11.7. The van der Waals surface area contributed by atoms with E-state index in [0.29, 0.717) is 6.04 Å². The van der Waals surface area contributed by atoms with Crippen molar-refractivity contribution in [2.45, 2.75) is 58.4 Å². The van der Waals surface area contributed by atoms with Crippen LogP contribution in [0.15, 0.2) is 30.3 Å². The summed E-state index contributed by atoms with van der Waals surface area (Å²) in [6, 6.07) is 11.3. The quantitative estimate of drug-likeness (QED) is 0.649. The number of hydrogen-bond acceptors (Lipinski definition) is 2. The molecule has 0 radical (unpaired) electrons. The fourth-order valence-corrected chi connectivity index (χ4v) is 2.57. The van der Waals surface area contributed by atoms with Gasteiger partial charge in [-0.3, -0.25) is 0 Å². The highest BCUT2D eigenvalue weighted by atomic mass is 16.5. The van der Waals surface area contributed by atoms with Crippen LogP contribution in [0.2, 0.25) is 0 Å². The molecule has 0 saturated heterocycles. The van der Waals surface area contributed by atoms with Gasteiger partial charge in [0, 0.05) is 19.2 Å². The maximum atomic E-state index is 5.58. The lowest BCUT2D eigenvalue weighted by atomic mass is 9.79. The van der Waals surface area contributed by atoms with Gasteiger partial charge < -0.3 is 10.1 Å². The molecule has 0 aromatic heterocycles. The van der Waals surface area contributed by atoms with Crippen LogP contribution < -0.4 is 5.32 Å². The number of rotatable bonds is 10. The second-order valence-electron chi connectivity index (χ2n) is 6.28. The molecule has 0 fully saturated rings. The summed E-state index contributed by atoms with van der Waals surface area (Å²) < 4.78 is 5.58. The normalized spacial score (nSPS) is 13.4. The number of benzene rings is 1. The minimum atomic E-state index is 0.205. The molecule has 1 aromatic rings. The SMILES string of the molecule is CCCCOCCNC(C)CC(C)(C)c1ccccc1. The van der Waals surface area contributed by atoms with Gasteiger partial charge in [0.05, 0.1) is 6.61 Å². The Kier molecular flexibility index (Phi) is 7.86. The van der Waals surface area contributed by atoms with E-state index in [1.165, 1.54) is 12.0 Å². The zero-order valence-electron chi connectivity index (χ0n) is 13.6. The summed E-state index contributed by atoms with van der Waals surface area (Å²) in [4.78, 5) is 0. The lowest BCUT2D eigenvalue weighted by Gasteiger charge is -2.29. The lowest BCUT2D eigenvalue weighted by Crippen LogP contribution is -2.35. The topological polar surface area (TPSA) is 21.3 Å². The average molecular weight is 277 g/mol. The average Bonchev–Trinajstić information content (AvgIpc) is 2.43. The highest BCUT2D eigenvalue weighted by Crippen LogP contribution is 2.27. The molecular weight excluding hydrogens is 246 g/mol. The van der Waals surface area contributed by atoms with Gasteiger partial charge in [-0.1, -0.05) is 57.5 Å². The molecule has 114 valence electrons. The van der Waals surface area contributed by atoms with Gasteiger partial charge >= 0.3 is 0 Å². The van der Waals surface area contributed by atoms with Gasteiger partial charge in [-0.25, -0.2) is 0 Å². The van der Waals surface area contributed by atoms with Crippen LogP contribution in [0.1, 0.15) is 52.5 Å². The summed E-state index contributed by atoms with van der Waals surface area (Å²) in [5.74, 6) is 0. The lowest BCUT2D eigenvalue weighted by molar-refractivity contribution is 0.130. The molecule has 1 aromatic carbocycles. The second kappa shape index (κ2) is 9.15. The van der Waals surface area contributed by atoms with Crippen molar-refractivity contribution in [3.8, 4) is 0 Å².